The second-order valence-corrected chi connectivity index (χ2v) is 6.97. The Morgan fingerprint density at radius 3 is 2.70 bits per heavy atom. The van der Waals surface area contributed by atoms with Crippen LogP contribution in [0.1, 0.15) is 33.6 Å². The largest absolute Gasteiger partial charge is 0.366 e. The van der Waals surface area contributed by atoms with Crippen LogP contribution in [0.15, 0.2) is 66.9 Å². The molecule has 0 unspecified atom stereocenters. The van der Waals surface area contributed by atoms with Gasteiger partial charge in [-0.25, -0.2) is 0 Å². The summed E-state index contributed by atoms with van der Waals surface area (Å²) in [7, 11) is 0. The van der Waals surface area contributed by atoms with Crippen molar-refractivity contribution in [1.29, 1.82) is 0 Å². The van der Waals surface area contributed by atoms with E-state index in [0.717, 1.165) is 48.6 Å². The van der Waals surface area contributed by atoms with Gasteiger partial charge >= 0.3 is 0 Å². The lowest BCUT2D eigenvalue weighted by Gasteiger charge is -2.31. The van der Waals surface area contributed by atoms with Crippen molar-refractivity contribution < 1.29 is 4.79 Å². The number of anilines is 2. The fourth-order valence-electron chi connectivity index (χ4n) is 3.51. The van der Waals surface area contributed by atoms with E-state index in [1.807, 2.05) is 43.3 Å². The minimum absolute atomic E-state index is 0.121. The maximum absolute atomic E-state index is 12.7. The van der Waals surface area contributed by atoms with Gasteiger partial charge in [0.05, 0.1) is 16.9 Å². The number of aromatic nitrogens is 1. The van der Waals surface area contributed by atoms with Crippen LogP contribution in [-0.2, 0) is 13.0 Å². The molecule has 1 aliphatic rings. The molecule has 2 aromatic carbocycles. The van der Waals surface area contributed by atoms with Crippen LogP contribution in [0, 0.1) is 6.92 Å². The zero-order valence-electron chi connectivity index (χ0n) is 15.5. The summed E-state index contributed by atoms with van der Waals surface area (Å²) in [6, 6.07) is 20.2. The van der Waals surface area contributed by atoms with Crippen molar-refractivity contribution in [2.45, 2.75) is 26.3 Å². The van der Waals surface area contributed by atoms with E-state index in [-0.39, 0.29) is 5.91 Å². The Morgan fingerprint density at radius 2 is 1.89 bits per heavy atom. The fourth-order valence-corrected chi connectivity index (χ4v) is 3.51. The predicted octanol–water partition coefficient (Wildman–Crippen LogP) is 4.60. The van der Waals surface area contributed by atoms with E-state index in [9.17, 15) is 4.79 Å². The summed E-state index contributed by atoms with van der Waals surface area (Å²) in [5.41, 5.74) is 5.88. The number of hydrogen-bond donors (Lipinski definition) is 1. The van der Waals surface area contributed by atoms with E-state index < -0.39 is 0 Å². The number of nitrogens with one attached hydrogen (secondary N) is 1. The van der Waals surface area contributed by atoms with E-state index >= 15 is 0 Å². The van der Waals surface area contributed by atoms with Crippen LogP contribution >= 0.6 is 0 Å². The second-order valence-electron chi connectivity index (χ2n) is 6.97. The molecule has 1 aliphatic heterocycles. The molecule has 0 atom stereocenters. The number of rotatable bonds is 4. The number of carbonyl (C=O) groups is 1. The van der Waals surface area contributed by atoms with Crippen molar-refractivity contribution >= 4 is 17.3 Å². The van der Waals surface area contributed by atoms with Gasteiger partial charge in [0.15, 0.2) is 0 Å². The lowest BCUT2D eigenvalue weighted by Crippen LogP contribution is -2.30. The van der Waals surface area contributed by atoms with E-state index in [1.54, 1.807) is 6.20 Å². The Hall–Kier alpha value is -3.14. The molecule has 3 aromatic rings. The van der Waals surface area contributed by atoms with Gasteiger partial charge in [-0.2, -0.15) is 0 Å². The second kappa shape index (κ2) is 7.62. The van der Waals surface area contributed by atoms with Crippen LogP contribution in [0.5, 0.6) is 0 Å². The van der Waals surface area contributed by atoms with E-state index in [2.05, 4.69) is 39.5 Å². The number of aryl methyl sites for hydroxylation is 2. The Bertz CT molecular complexity index is 953. The van der Waals surface area contributed by atoms with Crippen molar-refractivity contribution in [2.75, 3.05) is 16.8 Å². The van der Waals surface area contributed by atoms with E-state index in [4.69, 9.17) is 0 Å². The molecule has 1 N–H and O–H groups in total. The zero-order valence-corrected chi connectivity index (χ0v) is 15.5. The van der Waals surface area contributed by atoms with Crippen LogP contribution < -0.4 is 10.2 Å². The summed E-state index contributed by atoms with van der Waals surface area (Å²) in [5, 5.41) is 3.00. The monoisotopic (exact) mass is 357 g/mol. The van der Waals surface area contributed by atoms with Gasteiger partial charge in [0.1, 0.15) is 0 Å². The molecule has 4 rings (SSSR count). The maximum atomic E-state index is 12.7. The summed E-state index contributed by atoms with van der Waals surface area (Å²) in [4.78, 5) is 19.7. The number of para-hydroxylation sites is 1. The van der Waals surface area contributed by atoms with Crippen molar-refractivity contribution in [3.63, 3.8) is 0 Å². The number of amides is 1. The molecule has 0 saturated carbocycles. The molecule has 0 aliphatic carbocycles. The number of benzene rings is 2. The molecular weight excluding hydrogens is 334 g/mol. The quantitative estimate of drug-likeness (QED) is 0.742. The molecule has 136 valence electrons. The fraction of sp³-hybridized carbons (Fsp3) is 0.217. The normalized spacial score (nSPS) is 13.1. The molecule has 4 nitrogen and oxygen atoms in total. The Morgan fingerprint density at radius 1 is 1.11 bits per heavy atom. The molecule has 0 bridgehead atoms. The van der Waals surface area contributed by atoms with Gasteiger partial charge in [-0.3, -0.25) is 9.78 Å². The van der Waals surface area contributed by atoms with Crippen LogP contribution in [-0.4, -0.2) is 17.4 Å². The van der Waals surface area contributed by atoms with E-state index in [0.29, 0.717) is 5.56 Å². The molecule has 0 spiro atoms. The summed E-state index contributed by atoms with van der Waals surface area (Å²) >= 11 is 0. The van der Waals surface area contributed by atoms with Gasteiger partial charge < -0.3 is 10.2 Å². The lowest BCUT2D eigenvalue weighted by atomic mass is 10.0. The summed E-state index contributed by atoms with van der Waals surface area (Å²) in [5.74, 6) is -0.121. The first-order valence-corrected chi connectivity index (χ1v) is 9.35. The van der Waals surface area contributed by atoms with Gasteiger partial charge in [-0.05, 0) is 43.0 Å². The summed E-state index contributed by atoms with van der Waals surface area (Å²) in [6.07, 6.45) is 3.74. The maximum Gasteiger partial charge on any atom is 0.257 e. The zero-order chi connectivity index (χ0) is 18.6. The smallest absolute Gasteiger partial charge is 0.257 e. The Labute approximate surface area is 159 Å². The number of fused-ring (bicyclic) bond motifs is 1. The van der Waals surface area contributed by atoms with Crippen molar-refractivity contribution in [1.82, 2.24) is 4.98 Å². The third-order valence-electron chi connectivity index (χ3n) is 5.00. The Balaban J connectivity index is 1.58. The average Bonchev–Trinajstić information content (AvgIpc) is 2.70. The standard InChI is InChI=1S/C23H23N3O/c1-17-8-5-6-11-20(17)25-23(27)19-14-22-21(24-15-19)12-7-13-26(22)16-18-9-3-2-4-10-18/h2-6,8-11,14-15H,7,12-13,16H2,1H3,(H,25,27). The van der Waals surface area contributed by atoms with Crippen LogP contribution in [0.2, 0.25) is 0 Å². The van der Waals surface area contributed by atoms with Crippen molar-refractivity contribution in [2.24, 2.45) is 0 Å². The molecule has 0 saturated heterocycles. The summed E-state index contributed by atoms with van der Waals surface area (Å²) in [6.45, 7) is 3.80. The number of carbonyl (C=O) groups excluding carboxylic acids is 1. The van der Waals surface area contributed by atoms with Crippen molar-refractivity contribution in [3.05, 3.63) is 89.2 Å². The van der Waals surface area contributed by atoms with Gasteiger partial charge in [-0.1, -0.05) is 48.5 Å². The van der Waals surface area contributed by atoms with Gasteiger partial charge in [0, 0.05) is 25.0 Å². The van der Waals surface area contributed by atoms with Gasteiger partial charge in [0.25, 0.3) is 5.91 Å². The highest BCUT2D eigenvalue weighted by molar-refractivity contribution is 6.05. The molecule has 4 heteroatoms. The molecular formula is C23H23N3O. The minimum atomic E-state index is -0.121. The first-order valence-electron chi connectivity index (χ1n) is 9.35. The van der Waals surface area contributed by atoms with Crippen LogP contribution in [0.3, 0.4) is 0 Å². The van der Waals surface area contributed by atoms with Crippen LogP contribution in [0.25, 0.3) is 0 Å². The first kappa shape index (κ1) is 17.3. The Kier molecular flexibility index (Phi) is 4.88. The number of hydrogen-bond acceptors (Lipinski definition) is 3. The minimum Gasteiger partial charge on any atom is -0.366 e. The van der Waals surface area contributed by atoms with Gasteiger partial charge in [-0.15, -0.1) is 0 Å². The molecule has 1 amide bonds. The highest BCUT2D eigenvalue weighted by Crippen LogP contribution is 2.28. The lowest BCUT2D eigenvalue weighted by molar-refractivity contribution is 0.102. The van der Waals surface area contributed by atoms with Crippen LogP contribution in [0.4, 0.5) is 11.4 Å². The molecule has 0 fully saturated rings. The number of nitrogens with zero attached hydrogens (tertiary/aromatic N) is 2. The topological polar surface area (TPSA) is 45.2 Å². The van der Waals surface area contributed by atoms with Crippen molar-refractivity contribution in [3.8, 4) is 0 Å². The predicted molar refractivity (Wildman–Crippen MR) is 109 cm³/mol. The third-order valence-corrected chi connectivity index (χ3v) is 5.00. The molecule has 27 heavy (non-hydrogen) atoms. The molecule has 1 aromatic heterocycles. The summed E-state index contributed by atoms with van der Waals surface area (Å²) < 4.78 is 0. The molecule has 0 radical (unpaired) electrons. The average molecular weight is 357 g/mol. The number of pyridine rings is 1. The van der Waals surface area contributed by atoms with Gasteiger partial charge in [0.2, 0.25) is 0 Å². The molecule has 2 heterocycles. The highest BCUT2D eigenvalue weighted by Gasteiger charge is 2.20. The first-order chi connectivity index (χ1) is 13.2. The third kappa shape index (κ3) is 3.85. The van der Waals surface area contributed by atoms with E-state index in [1.165, 1.54) is 5.56 Å². The highest BCUT2D eigenvalue weighted by atomic mass is 16.1. The SMILES string of the molecule is Cc1ccccc1NC(=O)c1cnc2c(c1)N(Cc1ccccc1)CCC2.